The first kappa shape index (κ1) is 13.9. The Kier molecular flexibility index (Phi) is 4.48. The first-order valence-electron chi connectivity index (χ1n) is 5.40. The standard InChI is InChI=1S/C12H18ClN3O/c1-12(2,16(3)4)8-15-11(17)9-5-6-14-7-10(9)13/h5-7H,8H2,1-4H3,(H,15,17). The van der Waals surface area contributed by atoms with Crippen LogP contribution in [0.25, 0.3) is 0 Å². The molecule has 17 heavy (non-hydrogen) atoms. The molecule has 1 N–H and O–H groups in total. The van der Waals surface area contributed by atoms with Crippen LogP contribution in [0.5, 0.6) is 0 Å². The summed E-state index contributed by atoms with van der Waals surface area (Å²) in [6.07, 6.45) is 3.02. The molecule has 94 valence electrons. The topological polar surface area (TPSA) is 45.2 Å². The summed E-state index contributed by atoms with van der Waals surface area (Å²) in [7, 11) is 3.96. The fourth-order valence-corrected chi connectivity index (χ4v) is 1.31. The van der Waals surface area contributed by atoms with Crippen molar-refractivity contribution < 1.29 is 4.79 Å². The van der Waals surface area contributed by atoms with Gasteiger partial charge in [-0.15, -0.1) is 0 Å². The molecule has 0 aromatic carbocycles. The number of hydrogen-bond acceptors (Lipinski definition) is 3. The van der Waals surface area contributed by atoms with E-state index < -0.39 is 0 Å². The largest absolute Gasteiger partial charge is 0.350 e. The minimum Gasteiger partial charge on any atom is -0.350 e. The van der Waals surface area contributed by atoms with Crippen LogP contribution in [0.2, 0.25) is 5.02 Å². The Bertz CT molecular complexity index is 404. The molecule has 0 radical (unpaired) electrons. The number of amides is 1. The van der Waals surface area contributed by atoms with Gasteiger partial charge in [-0.3, -0.25) is 9.78 Å². The first-order chi connectivity index (χ1) is 7.84. The van der Waals surface area contributed by atoms with Crippen molar-refractivity contribution in [3.63, 3.8) is 0 Å². The fraction of sp³-hybridized carbons (Fsp3) is 0.500. The Morgan fingerprint density at radius 1 is 1.53 bits per heavy atom. The van der Waals surface area contributed by atoms with Crippen LogP contribution < -0.4 is 5.32 Å². The van der Waals surface area contributed by atoms with Crippen LogP contribution in [-0.2, 0) is 0 Å². The summed E-state index contributed by atoms with van der Waals surface area (Å²) in [5, 5.41) is 3.24. The van der Waals surface area contributed by atoms with E-state index in [-0.39, 0.29) is 11.4 Å². The predicted molar refractivity (Wildman–Crippen MR) is 69.3 cm³/mol. The lowest BCUT2D eigenvalue weighted by Crippen LogP contribution is -2.48. The lowest BCUT2D eigenvalue weighted by Gasteiger charge is -2.32. The molecule has 0 saturated heterocycles. The van der Waals surface area contributed by atoms with Crippen LogP contribution in [0, 0.1) is 0 Å². The van der Waals surface area contributed by atoms with Gasteiger partial charge in [0.15, 0.2) is 0 Å². The zero-order valence-electron chi connectivity index (χ0n) is 10.6. The molecular formula is C12H18ClN3O. The average molecular weight is 256 g/mol. The summed E-state index contributed by atoms with van der Waals surface area (Å²) in [4.78, 5) is 17.8. The third kappa shape index (κ3) is 3.68. The van der Waals surface area contributed by atoms with Gasteiger partial charge in [0.05, 0.1) is 10.6 Å². The average Bonchev–Trinajstić information content (AvgIpc) is 2.26. The zero-order valence-corrected chi connectivity index (χ0v) is 11.4. The number of carbonyl (C=O) groups excluding carboxylic acids is 1. The third-order valence-corrected chi connectivity index (χ3v) is 3.21. The van der Waals surface area contributed by atoms with E-state index in [9.17, 15) is 4.79 Å². The van der Waals surface area contributed by atoms with Crippen molar-refractivity contribution in [1.82, 2.24) is 15.2 Å². The Balaban J connectivity index is 2.66. The van der Waals surface area contributed by atoms with E-state index >= 15 is 0 Å². The van der Waals surface area contributed by atoms with Crippen molar-refractivity contribution in [3.05, 3.63) is 29.0 Å². The molecule has 0 aliphatic rings. The van der Waals surface area contributed by atoms with Crippen LogP contribution in [0.4, 0.5) is 0 Å². The van der Waals surface area contributed by atoms with E-state index in [1.807, 2.05) is 14.1 Å². The van der Waals surface area contributed by atoms with E-state index in [4.69, 9.17) is 11.6 Å². The van der Waals surface area contributed by atoms with Crippen molar-refractivity contribution in [1.29, 1.82) is 0 Å². The number of rotatable bonds is 4. The predicted octanol–water partition coefficient (Wildman–Crippen LogP) is 1.80. The summed E-state index contributed by atoms with van der Waals surface area (Å²) >= 11 is 5.90. The highest BCUT2D eigenvalue weighted by molar-refractivity contribution is 6.33. The second-order valence-electron chi connectivity index (χ2n) is 4.75. The Morgan fingerprint density at radius 2 is 2.18 bits per heavy atom. The highest BCUT2D eigenvalue weighted by atomic mass is 35.5. The van der Waals surface area contributed by atoms with Crippen LogP contribution in [0.1, 0.15) is 24.2 Å². The number of nitrogens with zero attached hydrogens (tertiary/aromatic N) is 2. The van der Waals surface area contributed by atoms with E-state index in [1.165, 1.54) is 6.20 Å². The molecule has 5 heteroatoms. The first-order valence-corrected chi connectivity index (χ1v) is 5.77. The Hall–Kier alpha value is -1.13. The highest BCUT2D eigenvalue weighted by Gasteiger charge is 2.21. The smallest absolute Gasteiger partial charge is 0.252 e. The Morgan fingerprint density at radius 3 is 2.71 bits per heavy atom. The minimum absolute atomic E-state index is 0.102. The summed E-state index contributed by atoms with van der Waals surface area (Å²) in [6, 6.07) is 1.61. The molecule has 0 aliphatic heterocycles. The van der Waals surface area contributed by atoms with Crippen LogP contribution in [0.3, 0.4) is 0 Å². The summed E-state index contributed by atoms with van der Waals surface area (Å²) in [5.41, 5.74) is 0.353. The number of carbonyl (C=O) groups is 1. The normalized spacial score (nSPS) is 11.6. The molecule has 1 aromatic rings. The van der Waals surface area contributed by atoms with Crippen molar-refractivity contribution in [2.24, 2.45) is 0 Å². The number of pyridine rings is 1. The third-order valence-electron chi connectivity index (χ3n) is 2.91. The van der Waals surface area contributed by atoms with Crippen LogP contribution in [0.15, 0.2) is 18.5 Å². The van der Waals surface area contributed by atoms with Crippen LogP contribution in [-0.4, -0.2) is 42.0 Å². The second-order valence-corrected chi connectivity index (χ2v) is 5.15. The van der Waals surface area contributed by atoms with E-state index in [0.29, 0.717) is 17.1 Å². The quantitative estimate of drug-likeness (QED) is 0.893. The summed E-state index contributed by atoms with van der Waals surface area (Å²) < 4.78 is 0. The Labute approximate surface area is 107 Å². The number of likely N-dealkylation sites (N-methyl/N-ethyl adjacent to an activating group) is 1. The lowest BCUT2D eigenvalue weighted by atomic mass is 10.0. The van der Waals surface area contributed by atoms with Gasteiger partial charge in [-0.25, -0.2) is 0 Å². The maximum atomic E-state index is 11.9. The number of aromatic nitrogens is 1. The van der Waals surface area contributed by atoms with Gasteiger partial charge in [-0.05, 0) is 34.0 Å². The highest BCUT2D eigenvalue weighted by Crippen LogP contribution is 2.14. The van der Waals surface area contributed by atoms with E-state index in [2.05, 4.69) is 29.0 Å². The number of hydrogen-bond donors (Lipinski definition) is 1. The van der Waals surface area contributed by atoms with Gasteiger partial charge in [0.1, 0.15) is 0 Å². The lowest BCUT2D eigenvalue weighted by molar-refractivity contribution is 0.0920. The molecule has 4 nitrogen and oxygen atoms in total. The van der Waals surface area contributed by atoms with Crippen molar-refractivity contribution in [3.8, 4) is 0 Å². The SMILES string of the molecule is CN(C)C(C)(C)CNC(=O)c1ccncc1Cl. The molecule has 1 amide bonds. The minimum atomic E-state index is -0.174. The van der Waals surface area contributed by atoms with Gasteiger partial charge < -0.3 is 10.2 Å². The molecule has 1 aromatic heterocycles. The zero-order chi connectivity index (χ0) is 13.1. The summed E-state index contributed by atoms with van der Waals surface area (Å²) in [6.45, 7) is 4.67. The monoisotopic (exact) mass is 255 g/mol. The fourth-order valence-electron chi connectivity index (χ4n) is 1.11. The summed E-state index contributed by atoms with van der Waals surface area (Å²) in [5.74, 6) is -0.174. The van der Waals surface area contributed by atoms with Gasteiger partial charge in [0.2, 0.25) is 0 Å². The maximum absolute atomic E-state index is 11.9. The number of nitrogens with one attached hydrogen (secondary N) is 1. The van der Waals surface area contributed by atoms with E-state index in [0.717, 1.165) is 0 Å². The molecule has 0 unspecified atom stereocenters. The molecule has 0 spiro atoms. The molecule has 0 atom stereocenters. The van der Waals surface area contributed by atoms with Gasteiger partial charge >= 0.3 is 0 Å². The molecule has 0 bridgehead atoms. The molecule has 1 heterocycles. The van der Waals surface area contributed by atoms with Crippen molar-refractivity contribution in [2.45, 2.75) is 19.4 Å². The second kappa shape index (κ2) is 5.47. The van der Waals surface area contributed by atoms with Gasteiger partial charge in [-0.2, -0.15) is 0 Å². The molecule has 0 aliphatic carbocycles. The molecule has 1 rings (SSSR count). The van der Waals surface area contributed by atoms with Crippen LogP contribution >= 0.6 is 11.6 Å². The van der Waals surface area contributed by atoms with Gasteiger partial charge in [0.25, 0.3) is 5.91 Å². The van der Waals surface area contributed by atoms with Gasteiger partial charge in [-0.1, -0.05) is 11.6 Å². The van der Waals surface area contributed by atoms with Crippen molar-refractivity contribution in [2.75, 3.05) is 20.6 Å². The number of halogens is 1. The van der Waals surface area contributed by atoms with Gasteiger partial charge in [0, 0.05) is 24.5 Å². The van der Waals surface area contributed by atoms with Crippen molar-refractivity contribution >= 4 is 17.5 Å². The molecule has 0 fully saturated rings. The van der Waals surface area contributed by atoms with E-state index in [1.54, 1.807) is 12.3 Å². The molecule has 0 saturated carbocycles. The maximum Gasteiger partial charge on any atom is 0.252 e. The molecular weight excluding hydrogens is 238 g/mol.